The van der Waals surface area contributed by atoms with Crippen molar-refractivity contribution < 1.29 is 17.9 Å². The predicted octanol–water partition coefficient (Wildman–Crippen LogP) is 4.59. The first kappa shape index (κ1) is 29.2. The summed E-state index contributed by atoms with van der Waals surface area (Å²) >= 11 is 0. The van der Waals surface area contributed by atoms with Crippen LogP contribution in [0.4, 0.5) is 13.2 Å². The first-order valence-corrected chi connectivity index (χ1v) is 15.4. The quantitative estimate of drug-likeness (QED) is 0.501. The highest BCUT2D eigenvalue weighted by Crippen LogP contribution is 2.51. The van der Waals surface area contributed by atoms with Crippen LogP contribution in [0.25, 0.3) is 5.52 Å². The second kappa shape index (κ2) is 11.3. The van der Waals surface area contributed by atoms with Crippen LogP contribution < -0.4 is 16.5 Å². The van der Waals surface area contributed by atoms with Crippen molar-refractivity contribution in [3.63, 3.8) is 0 Å². The maximum absolute atomic E-state index is 14.3. The number of likely N-dealkylation sites (tertiary alicyclic amines) is 1. The lowest BCUT2D eigenvalue weighted by Crippen LogP contribution is -2.60. The second-order valence-electron chi connectivity index (χ2n) is 13.2. The van der Waals surface area contributed by atoms with E-state index in [1.165, 1.54) is 16.7 Å². The van der Waals surface area contributed by atoms with Crippen LogP contribution in [-0.2, 0) is 17.5 Å². The summed E-state index contributed by atoms with van der Waals surface area (Å²) in [6, 6.07) is 1.11. The largest absolute Gasteiger partial charge is 0.418 e. The maximum Gasteiger partial charge on any atom is 0.418 e. The van der Waals surface area contributed by atoms with Gasteiger partial charge in [0.15, 0.2) is 0 Å². The lowest BCUT2D eigenvalue weighted by atomic mass is 9.61. The van der Waals surface area contributed by atoms with Crippen LogP contribution in [-0.4, -0.2) is 64.5 Å². The standard InChI is InChI=1S/C30H45F3N6O2/c1-20-7-5-12-37(15-20)16-21-13-24(30(31,32)33)25-18-38(28(40)39(25)17-21)23-9-4-8-22(14-23)26(27-35-34-19-36(27)2)29(41-3)10-6-11-29/h13,17-18,20,22-23,26-27,34-35H,4-12,14-16,19H2,1-3H3/t20-,22?,23?,26-,27?/m0/s1. The number of hydrogen-bond acceptors (Lipinski definition) is 6. The third-order valence-corrected chi connectivity index (χ3v) is 10.5. The van der Waals surface area contributed by atoms with Crippen molar-refractivity contribution in [2.75, 3.05) is 33.9 Å². The van der Waals surface area contributed by atoms with Gasteiger partial charge >= 0.3 is 11.9 Å². The van der Waals surface area contributed by atoms with Gasteiger partial charge in [0, 0.05) is 44.6 Å². The van der Waals surface area contributed by atoms with Crippen molar-refractivity contribution >= 4 is 5.52 Å². The molecule has 11 heteroatoms. The Morgan fingerprint density at radius 1 is 1.15 bits per heavy atom. The molecule has 3 unspecified atom stereocenters. The smallest absolute Gasteiger partial charge is 0.378 e. The molecule has 2 aliphatic carbocycles. The van der Waals surface area contributed by atoms with E-state index in [0.717, 1.165) is 77.5 Å². The molecule has 2 aliphatic heterocycles. The number of hydrogen-bond donors (Lipinski definition) is 2. The van der Waals surface area contributed by atoms with Gasteiger partial charge in [-0.25, -0.2) is 15.6 Å². The molecule has 4 fully saturated rings. The van der Waals surface area contributed by atoms with Gasteiger partial charge in [0.1, 0.15) is 0 Å². The maximum atomic E-state index is 14.3. The number of nitrogens with one attached hydrogen (secondary N) is 2. The molecular weight excluding hydrogens is 533 g/mol. The number of pyridine rings is 1. The van der Waals surface area contributed by atoms with Crippen molar-refractivity contribution in [1.29, 1.82) is 0 Å². The summed E-state index contributed by atoms with van der Waals surface area (Å²) in [5.74, 6) is 1.01. The lowest BCUT2D eigenvalue weighted by molar-refractivity contribution is -0.156. The van der Waals surface area contributed by atoms with Crippen LogP contribution in [0.1, 0.15) is 81.9 Å². The van der Waals surface area contributed by atoms with E-state index in [9.17, 15) is 18.0 Å². The van der Waals surface area contributed by atoms with E-state index in [0.29, 0.717) is 18.0 Å². The van der Waals surface area contributed by atoms with Gasteiger partial charge in [0.25, 0.3) is 0 Å². The zero-order chi connectivity index (χ0) is 28.9. The summed E-state index contributed by atoms with van der Waals surface area (Å²) in [6.45, 7) is 5.07. The van der Waals surface area contributed by atoms with Crippen molar-refractivity contribution in [3.05, 3.63) is 40.1 Å². The molecule has 2 aromatic rings. The Kier molecular flexibility index (Phi) is 8.04. The molecule has 5 atom stereocenters. The first-order valence-electron chi connectivity index (χ1n) is 15.4. The van der Waals surface area contributed by atoms with Crippen molar-refractivity contribution in [1.82, 2.24) is 29.6 Å². The molecule has 6 rings (SSSR count). The van der Waals surface area contributed by atoms with Crippen LogP contribution in [0.3, 0.4) is 0 Å². The number of piperidine rings is 1. The molecule has 41 heavy (non-hydrogen) atoms. The molecule has 0 amide bonds. The highest BCUT2D eigenvalue weighted by Gasteiger charge is 2.53. The molecule has 2 saturated carbocycles. The SMILES string of the molecule is COC1([C@@H](C2CCCC(n3cc4c(C(F)(F)F)cc(CN5CCC[C@H](C)C5)cn4c3=O)C2)C2NNCN2C)CCC1. The summed E-state index contributed by atoms with van der Waals surface area (Å²) in [5, 5.41) is 0. The van der Waals surface area contributed by atoms with E-state index in [-0.39, 0.29) is 40.9 Å². The second-order valence-corrected chi connectivity index (χ2v) is 13.2. The number of alkyl halides is 3. The van der Waals surface area contributed by atoms with E-state index in [1.54, 1.807) is 17.9 Å². The number of hydrazine groups is 1. The van der Waals surface area contributed by atoms with Crippen molar-refractivity contribution in [2.24, 2.45) is 17.8 Å². The number of ether oxygens (including phenoxy) is 1. The normalized spacial score (nSPS) is 30.5. The third-order valence-electron chi connectivity index (χ3n) is 10.5. The number of rotatable bonds is 7. The third kappa shape index (κ3) is 5.48. The van der Waals surface area contributed by atoms with E-state index >= 15 is 0 Å². The number of aromatic nitrogens is 2. The molecule has 2 N–H and O–H groups in total. The Bertz CT molecular complexity index is 1280. The van der Waals surface area contributed by atoms with E-state index in [2.05, 4.69) is 34.6 Å². The minimum atomic E-state index is -4.55. The summed E-state index contributed by atoms with van der Waals surface area (Å²) in [6.07, 6.45) is 7.47. The Morgan fingerprint density at radius 2 is 1.95 bits per heavy atom. The summed E-state index contributed by atoms with van der Waals surface area (Å²) < 4.78 is 52.1. The fourth-order valence-corrected chi connectivity index (χ4v) is 8.33. The zero-order valence-electron chi connectivity index (χ0n) is 24.6. The molecule has 2 saturated heterocycles. The number of methoxy groups -OCH3 is 1. The van der Waals surface area contributed by atoms with Crippen LogP contribution in [0.5, 0.6) is 0 Å². The number of halogens is 3. The van der Waals surface area contributed by atoms with Gasteiger partial charge in [-0.2, -0.15) is 13.2 Å². The van der Waals surface area contributed by atoms with Crippen LogP contribution in [0.15, 0.2) is 23.3 Å². The van der Waals surface area contributed by atoms with Crippen LogP contribution >= 0.6 is 0 Å². The minimum absolute atomic E-state index is 0.0503. The highest BCUT2D eigenvalue weighted by atomic mass is 19.4. The van der Waals surface area contributed by atoms with Crippen molar-refractivity contribution in [3.8, 4) is 0 Å². The van der Waals surface area contributed by atoms with Crippen LogP contribution in [0, 0.1) is 17.8 Å². The van der Waals surface area contributed by atoms with Gasteiger partial charge in [-0.15, -0.1) is 0 Å². The summed E-state index contributed by atoms with van der Waals surface area (Å²) in [5.41, 5.74) is 5.90. The molecule has 0 spiro atoms. The van der Waals surface area contributed by atoms with E-state index in [4.69, 9.17) is 4.74 Å². The molecule has 0 aromatic carbocycles. The highest BCUT2D eigenvalue weighted by molar-refractivity contribution is 5.56. The molecule has 2 aromatic heterocycles. The minimum Gasteiger partial charge on any atom is -0.378 e. The van der Waals surface area contributed by atoms with Gasteiger partial charge in [0.2, 0.25) is 0 Å². The Balaban J connectivity index is 1.33. The summed E-state index contributed by atoms with van der Waals surface area (Å²) in [7, 11) is 3.90. The molecule has 4 heterocycles. The van der Waals surface area contributed by atoms with Gasteiger partial charge in [-0.05, 0) is 88.4 Å². The summed E-state index contributed by atoms with van der Waals surface area (Å²) in [4.78, 5) is 18.3. The Hall–Kier alpha value is -1.92. The van der Waals surface area contributed by atoms with Gasteiger partial charge in [-0.1, -0.05) is 13.3 Å². The van der Waals surface area contributed by atoms with E-state index in [1.807, 2.05) is 0 Å². The number of fused-ring (bicyclic) bond motifs is 1. The first-order chi connectivity index (χ1) is 19.6. The Labute approximate surface area is 240 Å². The number of nitrogens with zero attached hydrogens (tertiary/aromatic N) is 4. The molecule has 4 aliphatic rings. The molecular formula is C30H45F3N6O2. The predicted molar refractivity (Wildman–Crippen MR) is 151 cm³/mol. The fraction of sp³-hybridized carbons (Fsp3) is 0.767. The monoisotopic (exact) mass is 578 g/mol. The fourth-order valence-electron chi connectivity index (χ4n) is 8.33. The van der Waals surface area contributed by atoms with Gasteiger partial charge in [0.05, 0.1) is 29.5 Å². The van der Waals surface area contributed by atoms with Crippen molar-refractivity contribution in [2.45, 2.75) is 95.2 Å². The van der Waals surface area contributed by atoms with Crippen LogP contribution in [0.2, 0.25) is 0 Å². The van der Waals surface area contributed by atoms with Gasteiger partial charge < -0.3 is 4.74 Å². The average molecular weight is 579 g/mol. The molecule has 0 bridgehead atoms. The van der Waals surface area contributed by atoms with Gasteiger partial charge in [-0.3, -0.25) is 18.8 Å². The number of imidazole rings is 1. The average Bonchev–Trinajstić information content (AvgIpc) is 3.48. The zero-order valence-corrected chi connectivity index (χ0v) is 24.6. The molecule has 228 valence electrons. The van der Waals surface area contributed by atoms with E-state index < -0.39 is 11.7 Å². The molecule has 8 nitrogen and oxygen atoms in total. The Morgan fingerprint density at radius 3 is 2.59 bits per heavy atom. The lowest BCUT2D eigenvalue weighted by Gasteiger charge is -2.53. The molecule has 0 radical (unpaired) electrons. The topological polar surface area (TPSA) is 66.2 Å².